The zero-order chi connectivity index (χ0) is 13.2. The first-order valence-corrected chi connectivity index (χ1v) is 6.47. The van der Waals surface area contributed by atoms with Crippen molar-refractivity contribution in [3.63, 3.8) is 0 Å². The number of imidazole rings is 1. The molecule has 1 aromatic carbocycles. The Balaban J connectivity index is 1.97. The third-order valence-corrected chi connectivity index (χ3v) is 3.41. The van der Waals surface area contributed by atoms with E-state index < -0.39 is 0 Å². The second-order valence-corrected chi connectivity index (χ2v) is 4.76. The molecule has 0 aliphatic heterocycles. The number of hydrogen-bond donors (Lipinski definition) is 1. The van der Waals surface area contributed by atoms with Gasteiger partial charge < -0.3 is 9.88 Å². The highest BCUT2D eigenvalue weighted by atomic mass is 15.2. The molecule has 0 unspecified atom stereocenters. The molecule has 3 rings (SSSR count). The topological polar surface area (TPSA) is 31.9 Å². The van der Waals surface area contributed by atoms with Crippen LogP contribution in [-0.2, 0) is 6.42 Å². The number of benzene rings is 1. The van der Waals surface area contributed by atoms with Gasteiger partial charge in [-0.2, -0.15) is 0 Å². The van der Waals surface area contributed by atoms with Gasteiger partial charge in [0.1, 0.15) is 0 Å². The predicted octanol–water partition coefficient (Wildman–Crippen LogP) is 3.61. The number of allylic oxidation sites excluding steroid dienone is 3. The third-order valence-electron chi connectivity index (χ3n) is 3.41. The molecule has 1 aliphatic rings. The van der Waals surface area contributed by atoms with Crippen LogP contribution < -0.4 is 4.90 Å². The van der Waals surface area contributed by atoms with Crippen LogP contribution in [0, 0.1) is 6.92 Å². The van der Waals surface area contributed by atoms with Crippen molar-refractivity contribution < 1.29 is 0 Å². The average Bonchev–Trinajstić information content (AvgIpc) is 2.70. The van der Waals surface area contributed by atoms with E-state index in [1.54, 1.807) is 0 Å². The molecule has 0 atom stereocenters. The van der Waals surface area contributed by atoms with Crippen LogP contribution in [0.15, 0.2) is 42.5 Å². The molecule has 0 radical (unpaired) electrons. The summed E-state index contributed by atoms with van der Waals surface area (Å²) in [5.74, 6) is 0.888. The van der Waals surface area contributed by atoms with Crippen LogP contribution >= 0.6 is 0 Å². The average molecular weight is 251 g/mol. The Bertz CT molecular complexity index is 650. The molecule has 0 amide bonds. The normalized spacial score (nSPS) is 13.2. The SMILES string of the molecule is Cc1ccccc1N(C)c1nc2c([nH]1)C=CC=CC2. The Morgan fingerprint density at radius 2 is 2.05 bits per heavy atom. The summed E-state index contributed by atoms with van der Waals surface area (Å²) < 4.78 is 0. The Kier molecular flexibility index (Phi) is 2.95. The molecule has 3 nitrogen and oxygen atoms in total. The first-order chi connectivity index (χ1) is 9.25. The number of nitrogens with one attached hydrogen (secondary N) is 1. The van der Waals surface area contributed by atoms with Gasteiger partial charge in [0.25, 0.3) is 0 Å². The Labute approximate surface area is 113 Å². The van der Waals surface area contributed by atoms with Gasteiger partial charge in [-0.25, -0.2) is 4.98 Å². The van der Waals surface area contributed by atoms with Crippen LogP contribution in [0.25, 0.3) is 6.08 Å². The maximum Gasteiger partial charge on any atom is 0.207 e. The molecule has 2 aromatic rings. The summed E-state index contributed by atoms with van der Waals surface area (Å²) in [6.45, 7) is 2.11. The number of anilines is 2. The standard InChI is InChI=1S/C16H17N3/c1-12-8-6-7-11-15(12)19(2)16-17-13-9-4-3-5-10-14(13)18-16/h3-9,11H,10H2,1-2H3,(H,17,18). The quantitative estimate of drug-likeness (QED) is 0.884. The number of aryl methyl sites for hydroxylation is 1. The van der Waals surface area contributed by atoms with Crippen LogP contribution in [0.3, 0.4) is 0 Å². The molecule has 1 aromatic heterocycles. The monoisotopic (exact) mass is 251 g/mol. The highest BCUT2D eigenvalue weighted by Gasteiger charge is 2.13. The summed E-state index contributed by atoms with van der Waals surface area (Å²) in [4.78, 5) is 10.2. The van der Waals surface area contributed by atoms with Gasteiger partial charge in [-0.05, 0) is 24.6 Å². The molecule has 1 aliphatic carbocycles. The lowest BCUT2D eigenvalue weighted by atomic mass is 10.2. The minimum Gasteiger partial charge on any atom is -0.324 e. The van der Waals surface area contributed by atoms with Crippen molar-refractivity contribution >= 4 is 17.7 Å². The van der Waals surface area contributed by atoms with Crippen LogP contribution in [0.4, 0.5) is 11.6 Å². The lowest BCUT2D eigenvalue weighted by Gasteiger charge is -2.18. The molecule has 1 heterocycles. The van der Waals surface area contributed by atoms with Crippen molar-refractivity contribution in [2.45, 2.75) is 13.3 Å². The number of H-pyrrole nitrogens is 1. The maximum absolute atomic E-state index is 4.70. The smallest absolute Gasteiger partial charge is 0.207 e. The predicted molar refractivity (Wildman–Crippen MR) is 79.7 cm³/mol. The molecule has 96 valence electrons. The second-order valence-electron chi connectivity index (χ2n) is 4.76. The highest BCUT2D eigenvalue weighted by molar-refractivity contribution is 5.63. The minimum absolute atomic E-state index is 0.875. The lowest BCUT2D eigenvalue weighted by molar-refractivity contribution is 1.06. The fraction of sp³-hybridized carbons (Fsp3) is 0.188. The lowest BCUT2D eigenvalue weighted by Crippen LogP contribution is -2.12. The number of hydrogen-bond acceptors (Lipinski definition) is 2. The second kappa shape index (κ2) is 4.76. The molecule has 0 fully saturated rings. The van der Waals surface area contributed by atoms with E-state index in [1.807, 2.05) is 13.1 Å². The number of fused-ring (bicyclic) bond motifs is 1. The van der Waals surface area contributed by atoms with Crippen molar-refractivity contribution in [2.24, 2.45) is 0 Å². The Morgan fingerprint density at radius 1 is 1.21 bits per heavy atom. The van der Waals surface area contributed by atoms with Crippen LogP contribution in [0.2, 0.25) is 0 Å². The van der Waals surface area contributed by atoms with E-state index in [2.05, 4.69) is 59.3 Å². The van der Waals surface area contributed by atoms with Gasteiger partial charge >= 0.3 is 0 Å². The molecule has 0 saturated heterocycles. The van der Waals surface area contributed by atoms with Crippen molar-refractivity contribution in [3.8, 4) is 0 Å². The van der Waals surface area contributed by atoms with Gasteiger partial charge in [0.05, 0.1) is 11.4 Å². The number of para-hydroxylation sites is 1. The van der Waals surface area contributed by atoms with Crippen LogP contribution in [0.5, 0.6) is 0 Å². The van der Waals surface area contributed by atoms with E-state index in [0.29, 0.717) is 0 Å². The van der Waals surface area contributed by atoms with E-state index in [1.165, 1.54) is 11.3 Å². The maximum atomic E-state index is 4.70. The van der Waals surface area contributed by atoms with Gasteiger partial charge in [0.2, 0.25) is 5.95 Å². The Morgan fingerprint density at radius 3 is 2.89 bits per heavy atom. The third kappa shape index (κ3) is 2.19. The molecular formula is C16H17N3. The molecule has 3 heteroatoms. The zero-order valence-corrected chi connectivity index (χ0v) is 11.2. The van der Waals surface area contributed by atoms with Gasteiger partial charge in [0, 0.05) is 19.2 Å². The number of nitrogens with zero attached hydrogens (tertiary/aromatic N) is 2. The molecule has 0 bridgehead atoms. The first kappa shape index (κ1) is 11.8. The van der Waals surface area contributed by atoms with E-state index in [0.717, 1.165) is 23.8 Å². The van der Waals surface area contributed by atoms with E-state index >= 15 is 0 Å². The fourth-order valence-electron chi connectivity index (χ4n) is 2.32. The zero-order valence-electron chi connectivity index (χ0n) is 11.2. The van der Waals surface area contributed by atoms with Crippen molar-refractivity contribution in [2.75, 3.05) is 11.9 Å². The van der Waals surface area contributed by atoms with Gasteiger partial charge in [-0.3, -0.25) is 0 Å². The summed E-state index contributed by atoms with van der Waals surface area (Å²) in [6, 6.07) is 8.33. The molecular weight excluding hydrogens is 234 g/mol. The van der Waals surface area contributed by atoms with Crippen molar-refractivity contribution in [1.82, 2.24) is 9.97 Å². The summed E-state index contributed by atoms with van der Waals surface area (Å²) in [5, 5.41) is 0. The summed E-state index contributed by atoms with van der Waals surface area (Å²) >= 11 is 0. The number of aromatic amines is 1. The summed E-state index contributed by atoms with van der Waals surface area (Å²) in [5.41, 5.74) is 4.61. The Hall–Kier alpha value is -2.29. The van der Waals surface area contributed by atoms with Crippen LogP contribution in [0.1, 0.15) is 17.0 Å². The molecule has 0 saturated carbocycles. The summed E-state index contributed by atoms with van der Waals surface area (Å²) in [6.07, 6.45) is 9.17. The number of aromatic nitrogens is 2. The first-order valence-electron chi connectivity index (χ1n) is 6.47. The number of rotatable bonds is 2. The van der Waals surface area contributed by atoms with Gasteiger partial charge in [-0.15, -0.1) is 0 Å². The van der Waals surface area contributed by atoms with Crippen molar-refractivity contribution in [3.05, 3.63) is 59.4 Å². The van der Waals surface area contributed by atoms with Crippen molar-refractivity contribution in [1.29, 1.82) is 0 Å². The van der Waals surface area contributed by atoms with E-state index in [9.17, 15) is 0 Å². The fourth-order valence-corrected chi connectivity index (χ4v) is 2.32. The molecule has 0 spiro atoms. The molecule has 1 N–H and O–H groups in total. The van der Waals surface area contributed by atoms with Crippen LogP contribution in [-0.4, -0.2) is 17.0 Å². The van der Waals surface area contributed by atoms with E-state index in [4.69, 9.17) is 4.98 Å². The highest BCUT2D eigenvalue weighted by Crippen LogP contribution is 2.26. The van der Waals surface area contributed by atoms with Gasteiger partial charge in [-0.1, -0.05) is 36.4 Å². The van der Waals surface area contributed by atoms with E-state index in [-0.39, 0.29) is 0 Å². The summed E-state index contributed by atoms with van der Waals surface area (Å²) in [7, 11) is 2.04. The molecule has 19 heavy (non-hydrogen) atoms. The minimum atomic E-state index is 0.875. The largest absolute Gasteiger partial charge is 0.324 e. The van der Waals surface area contributed by atoms with Gasteiger partial charge in [0.15, 0.2) is 0 Å².